The highest BCUT2D eigenvalue weighted by molar-refractivity contribution is 6.99. The average molecular weight is 453 g/mol. The monoisotopic (exact) mass is 452 g/mol. The van der Waals surface area contributed by atoms with Gasteiger partial charge < -0.3 is 13.9 Å². The maximum absolute atomic E-state index is 7.20. The van der Waals surface area contributed by atoms with Crippen LogP contribution in [0.1, 0.15) is 60.3 Å². The third-order valence-corrected chi connectivity index (χ3v) is 12.7. The first-order valence-electron chi connectivity index (χ1n) is 12.4. The lowest BCUT2D eigenvalue weighted by molar-refractivity contribution is -0.329. The molecule has 2 aromatic carbocycles. The van der Waals surface area contributed by atoms with Gasteiger partial charge in [-0.3, -0.25) is 0 Å². The molecule has 0 bridgehead atoms. The van der Waals surface area contributed by atoms with Crippen LogP contribution in [0, 0.1) is 11.8 Å². The second-order valence-electron chi connectivity index (χ2n) is 10.9. The van der Waals surface area contributed by atoms with Gasteiger partial charge in [-0.05, 0) is 40.6 Å². The highest BCUT2D eigenvalue weighted by atomic mass is 28.4. The van der Waals surface area contributed by atoms with Crippen molar-refractivity contribution in [1.82, 2.24) is 0 Å². The zero-order valence-electron chi connectivity index (χ0n) is 20.5. The minimum atomic E-state index is -2.56. The van der Waals surface area contributed by atoms with Crippen molar-refractivity contribution in [3.05, 3.63) is 60.7 Å². The number of benzene rings is 2. The lowest BCUT2D eigenvalue weighted by Crippen LogP contribution is -2.67. The molecule has 1 spiro atoms. The van der Waals surface area contributed by atoms with Gasteiger partial charge in [-0.25, -0.2) is 0 Å². The van der Waals surface area contributed by atoms with Gasteiger partial charge in [0.1, 0.15) is 0 Å². The molecule has 2 heterocycles. The van der Waals surface area contributed by atoms with Crippen LogP contribution in [0.5, 0.6) is 0 Å². The Morgan fingerprint density at radius 3 is 2.06 bits per heavy atom. The van der Waals surface area contributed by atoms with Crippen LogP contribution in [0.4, 0.5) is 0 Å². The van der Waals surface area contributed by atoms with Crippen molar-refractivity contribution in [3.63, 3.8) is 0 Å². The Balaban J connectivity index is 1.67. The number of ether oxygens (including phenoxy) is 2. The first-order valence-corrected chi connectivity index (χ1v) is 14.3. The molecule has 0 aliphatic carbocycles. The molecular formula is C28H40O3Si. The molecule has 4 rings (SSSR count). The van der Waals surface area contributed by atoms with Crippen molar-refractivity contribution in [2.45, 2.75) is 77.2 Å². The van der Waals surface area contributed by atoms with Crippen LogP contribution in [-0.2, 0) is 13.9 Å². The summed E-state index contributed by atoms with van der Waals surface area (Å²) in [4.78, 5) is 0. The lowest BCUT2D eigenvalue weighted by atomic mass is 9.83. The van der Waals surface area contributed by atoms with Gasteiger partial charge in [0.2, 0.25) is 0 Å². The largest absolute Gasteiger partial charge is 0.405 e. The van der Waals surface area contributed by atoms with E-state index in [0.29, 0.717) is 18.4 Å². The zero-order valence-corrected chi connectivity index (χ0v) is 21.5. The molecule has 0 unspecified atom stereocenters. The van der Waals surface area contributed by atoms with Crippen LogP contribution in [-0.4, -0.2) is 33.4 Å². The molecule has 2 aliphatic heterocycles. The second kappa shape index (κ2) is 9.42. The molecule has 4 atom stereocenters. The fraction of sp³-hybridized carbons (Fsp3) is 0.571. The summed E-state index contributed by atoms with van der Waals surface area (Å²) in [6.45, 7) is 13.0. The SMILES string of the molecule is C[C@@H]1CCCO[C@@]12CC[C@H](C)[C@@H](CO[Si](c1ccccc1)(c1ccccc1)C(C)(C)C)O2. The molecule has 0 amide bonds. The standard InChI is InChI=1S/C28H40O3Si/c1-22-18-19-28(23(2)13-12-20-29-28)31-26(22)21-30-32(27(3,4)5,24-14-8-6-9-15-24)25-16-10-7-11-17-25/h6-11,14-17,22-23,26H,12-13,18-21H2,1-5H3/t22-,23+,26+,28+/m0/s1. The highest BCUT2D eigenvalue weighted by Crippen LogP contribution is 2.43. The summed E-state index contributed by atoms with van der Waals surface area (Å²) in [7, 11) is -2.56. The molecule has 0 radical (unpaired) electrons. The Morgan fingerprint density at radius 1 is 0.938 bits per heavy atom. The van der Waals surface area contributed by atoms with Gasteiger partial charge >= 0.3 is 0 Å². The van der Waals surface area contributed by atoms with Gasteiger partial charge in [0.05, 0.1) is 19.3 Å². The van der Waals surface area contributed by atoms with Crippen molar-refractivity contribution >= 4 is 18.7 Å². The third-order valence-electron chi connectivity index (χ3n) is 7.69. The van der Waals surface area contributed by atoms with E-state index in [9.17, 15) is 0 Å². The number of rotatable bonds is 5. The summed E-state index contributed by atoms with van der Waals surface area (Å²) in [6, 6.07) is 21.8. The molecule has 0 saturated carbocycles. The molecule has 2 aromatic rings. The molecule has 174 valence electrons. The maximum atomic E-state index is 7.20. The Labute approximate surface area is 195 Å². The Bertz CT molecular complexity index is 824. The average Bonchev–Trinajstić information content (AvgIpc) is 2.79. The van der Waals surface area contributed by atoms with E-state index in [2.05, 4.69) is 95.3 Å². The fourth-order valence-electron chi connectivity index (χ4n) is 5.68. The van der Waals surface area contributed by atoms with Crippen LogP contribution in [0.2, 0.25) is 5.04 Å². The van der Waals surface area contributed by atoms with Crippen molar-refractivity contribution in [2.75, 3.05) is 13.2 Å². The molecule has 2 aliphatic rings. The minimum Gasteiger partial charge on any atom is -0.405 e. The predicted octanol–water partition coefficient (Wildman–Crippen LogP) is 5.52. The van der Waals surface area contributed by atoms with Gasteiger partial charge in [0, 0.05) is 12.3 Å². The van der Waals surface area contributed by atoms with E-state index in [1.54, 1.807) is 0 Å². The highest BCUT2D eigenvalue weighted by Gasteiger charge is 2.52. The van der Waals surface area contributed by atoms with E-state index in [-0.39, 0.29) is 11.1 Å². The minimum absolute atomic E-state index is 0.0278. The first kappa shape index (κ1) is 23.7. The summed E-state index contributed by atoms with van der Waals surface area (Å²) in [5.41, 5.74) is 0. The van der Waals surface area contributed by atoms with E-state index in [0.717, 1.165) is 25.9 Å². The number of hydrogen-bond donors (Lipinski definition) is 0. The third kappa shape index (κ3) is 4.35. The van der Waals surface area contributed by atoms with Crippen LogP contribution in [0.15, 0.2) is 60.7 Å². The van der Waals surface area contributed by atoms with Gasteiger partial charge in [-0.15, -0.1) is 0 Å². The van der Waals surface area contributed by atoms with E-state index in [1.165, 1.54) is 16.8 Å². The van der Waals surface area contributed by atoms with Crippen molar-refractivity contribution < 1.29 is 13.9 Å². The van der Waals surface area contributed by atoms with Crippen LogP contribution in [0.25, 0.3) is 0 Å². The molecule has 0 aromatic heterocycles. The second-order valence-corrected chi connectivity index (χ2v) is 15.2. The van der Waals surface area contributed by atoms with E-state index < -0.39 is 14.1 Å². The Hall–Kier alpha value is -1.46. The number of hydrogen-bond acceptors (Lipinski definition) is 3. The fourth-order valence-corrected chi connectivity index (χ4v) is 10.2. The lowest BCUT2D eigenvalue weighted by Gasteiger charge is -2.50. The quantitative estimate of drug-likeness (QED) is 0.559. The summed E-state index contributed by atoms with van der Waals surface area (Å²) >= 11 is 0. The van der Waals surface area contributed by atoms with E-state index >= 15 is 0 Å². The van der Waals surface area contributed by atoms with Crippen LogP contribution < -0.4 is 10.4 Å². The van der Waals surface area contributed by atoms with Crippen molar-refractivity contribution in [3.8, 4) is 0 Å². The zero-order chi connectivity index (χ0) is 22.8. The topological polar surface area (TPSA) is 27.7 Å². The molecule has 4 heteroatoms. The summed E-state index contributed by atoms with van der Waals surface area (Å²) in [6.07, 6.45) is 4.47. The van der Waals surface area contributed by atoms with Crippen molar-refractivity contribution in [2.24, 2.45) is 11.8 Å². The van der Waals surface area contributed by atoms with Gasteiger partial charge in [-0.1, -0.05) is 95.3 Å². The summed E-state index contributed by atoms with van der Waals surface area (Å²) < 4.78 is 20.3. The molecule has 2 fully saturated rings. The first-order chi connectivity index (χ1) is 15.3. The molecular weight excluding hydrogens is 412 g/mol. The van der Waals surface area contributed by atoms with Gasteiger partial charge in [-0.2, -0.15) is 0 Å². The van der Waals surface area contributed by atoms with Crippen molar-refractivity contribution in [1.29, 1.82) is 0 Å². The normalized spacial score (nSPS) is 29.2. The summed E-state index contributed by atoms with van der Waals surface area (Å²) in [5.74, 6) is 0.459. The smallest absolute Gasteiger partial charge is 0.261 e. The summed E-state index contributed by atoms with van der Waals surface area (Å²) in [5, 5.41) is 2.61. The Kier molecular flexibility index (Phi) is 6.97. The molecule has 32 heavy (non-hydrogen) atoms. The van der Waals surface area contributed by atoms with E-state index in [4.69, 9.17) is 13.9 Å². The molecule has 2 saturated heterocycles. The van der Waals surface area contributed by atoms with Gasteiger partial charge in [0.15, 0.2) is 5.79 Å². The molecule has 0 N–H and O–H groups in total. The van der Waals surface area contributed by atoms with Crippen LogP contribution >= 0.6 is 0 Å². The maximum Gasteiger partial charge on any atom is 0.261 e. The van der Waals surface area contributed by atoms with E-state index in [1.807, 2.05) is 0 Å². The predicted molar refractivity (Wildman–Crippen MR) is 134 cm³/mol. The van der Waals surface area contributed by atoms with Crippen LogP contribution in [0.3, 0.4) is 0 Å². The Morgan fingerprint density at radius 2 is 1.53 bits per heavy atom. The molecule has 3 nitrogen and oxygen atoms in total. The van der Waals surface area contributed by atoms with Gasteiger partial charge in [0.25, 0.3) is 8.32 Å².